The normalized spacial score (nSPS) is 13.7. The maximum absolute atomic E-state index is 5.34. The first-order valence-electron chi connectivity index (χ1n) is 5.36. The molecule has 1 aliphatic rings. The first-order valence-corrected chi connectivity index (χ1v) is 6.93. The van der Waals surface area contributed by atoms with E-state index in [0.717, 1.165) is 33.1 Å². The summed E-state index contributed by atoms with van der Waals surface area (Å²) in [7, 11) is 0. The largest absolute Gasteiger partial charge is 0.342 e. The lowest BCUT2D eigenvalue weighted by molar-refractivity contribution is 1.05. The van der Waals surface area contributed by atoms with Gasteiger partial charge >= 0.3 is 0 Å². The number of fused-ring (bicyclic) bond motifs is 1. The maximum Gasteiger partial charge on any atom is 0.141 e. The highest BCUT2D eigenvalue weighted by Crippen LogP contribution is 2.30. The van der Waals surface area contributed by atoms with Crippen LogP contribution in [0.15, 0.2) is 18.5 Å². The number of aromatic amines is 1. The second kappa shape index (κ2) is 4.23. The van der Waals surface area contributed by atoms with Crippen LogP contribution in [0.3, 0.4) is 0 Å². The van der Waals surface area contributed by atoms with Gasteiger partial charge in [0.05, 0.1) is 0 Å². The van der Waals surface area contributed by atoms with Crippen molar-refractivity contribution in [2.45, 2.75) is 18.4 Å². The van der Waals surface area contributed by atoms with Crippen molar-refractivity contribution in [1.82, 2.24) is 15.0 Å². The van der Waals surface area contributed by atoms with Crippen LogP contribution in [-0.2, 0) is 11.5 Å². The van der Waals surface area contributed by atoms with Gasteiger partial charge in [0.15, 0.2) is 0 Å². The Hall–Kier alpha value is -1.20. The van der Waals surface area contributed by atoms with Crippen LogP contribution in [0.5, 0.6) is 0 Å². The summed E-state index contributed by atoms with van der Waals surface area (Å²) in [4.78, 5) is 12.0. The lowest BCUT2D eigenvalue weighted by Gasteiger charge is -2.07. The molecule has 2 aromatic rings. The molecule has 17 heavy (non-hydrogen) atoms. The number of rotatable bonds is 1. The molecule has 0 atom stereocenters. The van der Waals surface area contributed by atoms with Gasteiger partial charge in [-0.2, -0.15) is 11.8 Å². The molecule has 3 rings (SSSR count). The third kappa shape index (κ3) is 1.89. The Kier molecular flexibility index (Phi) is 2.72. The van der Waals surface area contributed by atoms with Gasteiger partial charge in [-0.25, -0.2) is 4.98 Å². The molecule has 3 nitrogen and oxygen atoms in total. The zero-order valence-electron chi connectivity index (χ0n) is 9.36. The minimum Gasteiger partial charge on any atom is -0.342 e. The van der Waals surface area contributed by atoms with E-state index < -0.39 is 0 Å². The number of H-pyrrole nitrogens is 1. The fraction of sp³-hybridized carbons (Fsp3) is 0.250. The maximum atomic E-state index is 5.34. The standard InChI is InChI=1S/C12H11N3S2/c1-7-2-3-13-4-8(7)11-14-10-6-17-5-9(10)12(16)15-11/h2-4H,5-6H2,1H3,(H,14,15,16). The number of pyridine rings is 1. The molecule has 0 unspecified atom stereocenters. The van der Waals surface area contributed by atoms with Crippen molar-refractivity contribution in [3.8, 4) is 11.4 Å². The number of hydrogen-bond donors (Lipinski definition) is 1. The van der Waals surface area contributed by atoms with Gasteiger partial charge in [-0.3, -0.25) is 4.98 Å². The third-order valence-electron chi connectivity index (χ3n) is 2.89. The Morgan fingerprint density at radius 1 is 1.41 bits per heavy atom. The van der Waals surface area contributed by atoms with Gasteiger partial charge in [0.25, 0.3) is 0 Å². The number of nitrogens with zero attached hydrogens (tertiary/aromatic N) is 2. The summed E-state index contributed by atoms with van der Waals surface area (Å²) >= 11 is 7.22. The van der Waals surface area contributed by atoms with Crippen LogP contribution >= 0.6 is 24.0 Å². The van der Waals surface area contributed by atoms with Gasteiger partial charge in [-0.15, -0.1) is 0 Å². The lowest BCUT2D eigenvalue weighted by atomic mass is 10.1. The molecule has 0 radical (unpaired) electrons. The molecule has 0 spiro atoms. The Morgan fingerprint density at radius 2 is 2.29 bits per heavy atom. The fourth-order valence-corrected chi connectivity index (χ4v) is 3.36. The van der Waals surface area contributed by atoms with Crippen molar-refractivity contribution in [3.05, 3.63) is 39.9 Å². The Labute approximate surface area is 109 Å². The monoisotopic (exact) mass is 261 g/mol. The minimum absolute atomic E-state index is 0.724. The average Bonchev–Trinajstić information content (AvgIpc) is 2.78. The van der Waals surface area contributed by atoms with Crippen LogP contribution in [-0.4, -0.2) is 15.0 Å². The molecule has 0 amide bonds. The van der Waals surface area contributed by atoms with Crippen LogP contribution in [0.25, 0.3) is 11.4 Å². The Bertz CT molecular complexity index is 634. The Morgan fingerprint density at radius 3 is 3.12 bits per heavy atom. The predicted molar refractivity (Wildman–Crippen MR) is 72.4 cm³/mol. The molecule has 86 valence electrons. The predicted octanol–water partition coefficient (Wildman–Crippen LogP) is 3.26. The van der Waals surface area contributed by atoms with Crippen molar-refractivity contribution < 1.29 is 0 Å². The average molecular weight is 261 g/mol. The van der Waals surface area contributed by atoms with Crippen molar-refractivity contribution in [2.24, 2.45) is 0 Å². The highest BCUT2D eigenvalue weighted by Gasteiger charge is 2.16. The summed E-state index contributed by atoms with van der Waals surface area (Å²) in [5.41, 5.74) is 4.59. The molecule has 0 aromatic carbocycles. The van der Waals surface area contributed by atoms with Gasteiger partial charge in [0, 0.05) is 40.7 Å². The van der Waals surface area contributed by atoms with Crippen LogP contribution in [0, 0.1) is 11.6 Å². The van der Waals surface area contributed by atoms with E-state index in [0.29, 0.717) is 0 Å². The molecule has 5 heteroatoms. The summed E-state index contributed by atoms with van der Waals surface area (Å²) in [6, 6.07) is 1.98. The van der Waals surface area contributed by atoms with Crippen molar-refractivity contribution in [3.63, 3.8) is 0 Å². The van der Waals surface area contributed by atoms with E-state index in [1.807, 2.05) is 24.0 Å². The summed E-state index contributed by atoms with van der Waals surface area (Å²) in [6.07, 6.45) is 3.62. The topological polar surface area (TPSA) is 41.6 Å². The molecular weight excluding hydrogens is 250 g/mol. The molecule has 1 aliphatic heterocycles. The number of hydrogen-bond acceptors (Lipinski definition) is 4. The highest BCUT2D eigenvalue weighted by atomic mass is 32.2. The number of thioether (sulfide) groups is 1. The molecule has 2 aromatic heterocycles. The van der Waals surface area contributed by atoms with Crippen molar-refractivity contribution in [1.29, 1.82) is 0 Å². The van der Waals surface area contributed by atoms with E-state index in [2.05, 4.69) is 21.9 Å². The molecule has 3 heterocycles. The van der Waals surface area contributed by atoms with E-state index >= 15 is 0 Å². The molecule has 0 fully saturated rings. The van der Waals surface area contributed by atoms with E-state index in [1.165, 1.54) is 11.3 Å². The zero-order valence-corrected chi connectivity index (χ0v) is 11.0. The van der Waals surface area contributed by atoms with E-state index in [4.69, 9.17) is 12.2 Å². The van der Waals surface area contributed by atoms with Crippen molar-refractivity contribution >= 4 is 24.0 Å². The first kappa shape index (κ1) is 10.9. The van der Waals surface area contributed by atoms with Gasteiger partial charge in [0.1, 0.15) is 10.5 Å². The summed E-state index contributed by atoms with van der Waals surface area (Å²) in [5, 5.41) is 0. The van der Waals surface area contributed by atoms with E-state index in [1.54, 1.807) is 6.20 Å². The quantitative estimate of drug-likeness (QED) is 0.800. The smallest absolute Gasteiger partial charge is 0.141 e. The number of nitrogens with one attached hydrogen (secondary N) is 1. The number of aryl methyl sites for hydroxylation is 1. The number of aromatic nitrogens is 3. The summed E-state index contributed by atoms with van der Waals surface area (Å²) in [5.74, 6) is 2.81. The lowest BCUT2D eigenvalue weighted by Crippen LogP contribution is -1.98. The Balaban J connectivity index is 2.20. The van der Waals surface area contributed by atoms with E-state index in [-0.39, 0.29) is 0 Å². The van der Waals surface area contributed by atoms with Gasteiger partial charge in [0.2, 0.25) is 0 Å². The molecule has 0 saturated carbocycles. The van der Waals surface area contributed by atoms with Gasteiger partial charge in [-0.05, 0) is 18.6 Å². The van der Waals surface area contributed by atoms with Gasteiger partial charge in [-0.1, -0.05) is 12.2 Å². The van der Waals surface area contributed by atoms with Gasteiger partial charge < -0.3 is 4.98 Å². The summed E-state index contributed by atoms with van der Waals surface area (Å²) < 4.78 is 0.724. The second-order valence-corrected chi connectivity index (χ2v) is 5.40. The zero-order chi connectivity index (χ0) is 11.8. The molecule has 0 saturated heterocycles. The van der Waals surface area contributed by atoms with Crippen LogP contribution in [0.2, 0.25) is 0 Å². The highest BCUT2D eigenvalue weighted by molar-refractivity contribution is 7.98. The second-order valence-electron chi connectivity index (χ2n) is 4.03. The van der Waals surface area contributed by atoms with Crippen LogP contribution in [0.1, 0.15) is 16.8 Å². The first-order chi connectivity index (χ1) is 8.25. The van der Waals surface area contributed by atoms with Crippen molar-refractivity contribution in [2.75, 3.05) is 0 Å². The molecule has 0 aliphatic carbocycles. The van der Waals surface area contributed by atoms with Crippen LogP contribution in [0.4, 0.5) is 0 Å². The van der Waals surface area contributed by atoms with Crippen LogP contribution < -0.4 is 0 Å². The minimum atomic E-state index is 0.724. The fourth-order valence-electron chi connectivity index (χ4n) is 1.91. The van der Waals surface area contributed by atoms with E-state index in [9.17, 15) is 0 Å². The third-order valence-corrected chi connectivity index (χ3v) is 4.22. The molecular formula is C12H11N3S2. The SMILES string of the molecule is Cc1ccncc1-c1nc(=S)c2c([nH]1)CSC2. The molecule has 1 N–H and O–H groups in total. The molecule has 0 bridgehead atoms. The summed E-state index contributed by atoms with van der Waals surface area (Å²) in [6.45, 7) is 2.05.